The van der Waals surface area contributed by atoms with E-state index in [0.717, 1.165) is 0 Å². The Labute approximate surface area is 115 Å². The van der Waals surface area contributed by atoms with Gasteiger partial charge in [0.1, 0.15) is 0 Å². The molecule has 0 spiro atoms. The van der Waals surface area contributed by atoms with E-state index in [4.69, 9.17) is 0 Å². The van der Waals surface area contributed by atoms with Crippen molar-refractivity contribution in [2.45, 2.75) is 52.4 Å². The Morgan fingerprint density at radius 2 is 1.50 bits per heavy atom. The zero-order valence-corrected chi connectivity index (χ0v) is 15.4. The number of allylic oxidation sites excluding steroid dienone is 3. The molecule has 100 valence electrons. The van der Waals surface area contributed by atoms with Gasteiger partial charge in [-0.2, -0.15) is 0 Å². The average molecular weight is 282 g/mol. The summed E-state index contributed by atoms with van der Waals surface area (Å²) >= 11 is 0. The van der Waals surface area contributed by atoms with Gasteiger partial charge in [0.2, 0.25) is 0 Å². The van der Waals surface area contributed by atoms with Gasteiger partial charge in [0.25, 0.3) is 0 Å². The van der Waals surface area contributed by atoms with E-state index in [0.29, 0.717) is 4.15 Å². The minimum absolute atomic E-state index is 0.113. The Balaban J connectivity index is 3.67. The summed E-state index contributed by atoms with van der Waals surface area (Å²) in [6.45, 7) is 16.3. The normalized spacial score (nSPS) is 25.8. The van der Waals surface area contributed by atoms with Gasteiger partial charge < -0.3 is 0 Å². The van der Waals surface area contributed by atoms with E-state index >= 15 is 0 Å². The SMILES string of the molecule is CC1=C(C)C(C)([Si](C)(C)C)C([N+](C)(C)[Si]#[O+])=C1C. The van der Waals surface area contributed by atoms with Crippen LogP contribution in [-0.2, 0) is 4.30 Å². The molecule has 0 aromatic rings. The molecule has 0 aromatic carbocycles. The Hall–Kier alpha value is -0.166. The standard InChI is InChI=1S/C14H27NOSi2/c1-10-11(2)13(15(5,6)17-16)14(4,12(10)3)18(7,8)9/h1-9H3/q+2. The number of quaternary nitrogens is 1. The van der Waals surface area contributed by atoms with Crippen molar-refractivity contribution in [2.24, 2.45) is 0 Å². The molecule has 1 aliphatic rings. The molecule has 1 aliphatic carbocycles. The van der Waals surface area contributed by atoms with Gasteiger partial charge in [0, 0.05) is 0 Å². The van der Waals surface area contributed by atoms with Crippen molar-refractivity contribution in [2.75, 3.05) is 14.1 Å². The maximum atomic E-state index is 11.7. The van der Waals surface area contributed by atoms with E-state index in [1.165, 1.54) is 22.4 Å². The van der Waals surface area contributed by atoms with E-state index in [2.05, 4.69) is 61.4 Å². The zero-order chi connectivity index (χ0) is 14.5. The fourth-order valence-corrected chi connectivity index (χ4v) is 6.41. The summed E-state index contributed by atoms with van der Waals surface area (Å²) in [7, 11) is 2.33. The van der Waals surface area contributed by atoms with Crippen molar-refractivity contribution in [1.29, 1.82) is 0 Å². The van der Waals surface area contributed by atoms with Crippen LogP contribution in [0.15, 0.2) is 22.4 Å². The summed E-state index contributed by atoms with van der Waals surface area (Å²) in [5, 5.41) is 0.113. The first kappa shape index (κ1) is 15.9. The van der Waals surface area contributed by atoms with Crippen LogP contribution in [0.3, 0.4) is 0 Å². The molecule has 0 saturated heterocycles. The molecule has 2 nitrogen and oxygen atoms in total. The van der Waals surface area contributed by atoms with Crippen LogP contribution in [-0.4, -0.2) is 35.7 Å². The molecule has 18 heavy (non-hydrogen) atoms. The Kier molecular flexibility index (Phi) is 3.92. The Bertz CT molecular complexity index is 489. The summed E-state index contributed by atoms with van der Waals surface area (Å²) in [4.78, 5) is 0. The van der Waals surface area contributed by atoms with Crippen LogP contribution in [0.25, 0.3) is 0 Å². The van der Waals surface area contributed by atoms with Crippen LogP contribution in [0, 0.1) is 0 Å². The fourth-order valence-electron chi connectivity index (χ4n) is 3.33. The van der Waals surface area contributed by atoms with Crippen molar-refractivity contribution in [1.82, 2.24) is 0 Å². The number of hydrogen-bond donors (Lipinski definition) is 0. The van der Waals surface area contributed by atoms with Gasteiger partial charge in [-0.15, -0.1) is 0 Å². The summed E-state index contributed by atoms with van der Waals surface area (Å²) in [6, 6.07) is 0. The Morgan fingerprint density at radius 1 is 1.06 bits per heavy atom. The molecule has 0 fully saturated rings. The second kappa shape index (κ2) is 4.44. The molecule has 1 atom stereocenters. The van der Waals surface area contributed by atoms with Crippen molar-refractivity contribution in [3.05, 3.63) is 22.4 Å². The second-order valence-corrected chi connectivity index (χ2v) is 13.9. The molecule has 0 aromatic heterocycles. The summed E-state index contributed by atoms with van der Waals surface area (Å²) in [5.41, 5.74) is 5.61. The second-order valence-electron chi connectivity index (χ2n) is 7.14. The van der Waals surface area contributed by atoms with Crippen LogP contribution in [0.1, 0.15) is 27.7 Å². The van der Waals surface area contributed by atoms with Gasteiger partial charge in [-0.1, -0.05) is 0 Å². The predicted molar refractivity (Wildman–Crippen MR) is 81.3 cm³/mol. The van der Waals surface area contributed by atoms with Gasteiger partial charge >= 0.3 is 115 Å². The van der Waals surface area contributed by atoms with Crippen molar-refractivity contribution < 1.29 is 8.45 Å². The van der Waals surface area contributed by atoms with Crippen LogP contribution in [0.4, 0.5) is 0 Å². The molecule has 0 saturated carbocycles. The molecular formula is C14H27NOSi2+2. The quantitative estimate of drug-likeness (QED) is 0.543. The molecule has 0 N–H and O–H groups in total. The first-order valence-corrected chi connectivity index (χ1v) is 10.9. The van der Waals surface area contributed by atoms with E-state index in [1.807, 2.05) is 0 Å². The topological polar surface area (TPSA) is 19.9 Å². The molecule has 4 heteroatoms. The minimum atomic E-state index is -1.45. The molecule has 0 amide bonds. The summed E-state index contributed by atoms with van der Waals surface area (Å²) < 4.78 is 12.2. The molecule has 0 heterocycles. The molecule has 0 radical (unpaired) electrons. The molecule has 1 unspecified atom stereocenters. The molecule has 0 bridgehead atoms. The summed E-state index contributed by atoms with van der Waals surface area (Å²) in [5.74, 6) is 0. The van der Waals surface area contributed by atoms with Gasteiger partial charge in [0.05, 0.1) is 0 Å². The molecule has 1 rings (SSSR count). The van der Waals surface area contributed by atoms with Gasteiger partial charge in [-0.05, 0) is 0 Å². The Morgan fingerprint density at radius 3 is 1.83 bits per heavy atom. The molecule has 0 aliphatic heterocycles. The van der Waals surface area contributed by atoms with E-state index in [9.17, 15) is 4.30 Å². The first-order valence-electron chi connectivity index (χ1n) is 6.55. The van der Waals surface area contributed by atoms with Crippen LogP contribution in [0.2, 0.25) is 24.7 Å². The predicted octanol–water partition coefficient (Wildman–Crippen LogP) is 3.75. The van der Waals surface area contributed by atoms with Crippen LogP contribution < -0.4 is 0 Å². The monoisotopic (exact) mass is 281 g/mol. The zero-order valence-electron chi connectivity index (χ0n) is 13.4. The average Bonchev–Trinajstić information content (AvgIpc) is 2.41. The third-order valence-corrected chi connectivity index (χ3v) is 9.28. The van der Waals surface area contributed by atoms with Crippen molar-refractivity contribution in [3.63, 3.8) is 0 Å². The number of nitrogens with zero attached hydrogens (tertiary/aromatic N) is 1. The van der Waals surface area contributed by atoms with E-state index in [1.54, 1.807) is 0 Å². The number of hydrogen-bond acceptors (Lipinski definition) is 0. The third-order valence-electron chi connectivity index (χ3n) is 4.99. The first-order chi connectivity index (χ1) is 7.91. The van der Waals surface area contributed by atoms with E-state index < -0.39 is 8.07 Å². The van der Waals surface area contributed by atoms with Crippen LogP contribution >= 0.6 is 0 Å². The van der Waals surface area contributed by atoms with Crippen LogP contribution in [0.5, 0.6) is 0 Å². The fraction of sp³-hybridized carbons (Fsp3) is 0.714. The van der Waals surface area contributed by atoms with Crippen molar-refractivity contribution in [3.8, 4) is 0 Å². The van der Waals surface area contributed by atoms with Crippen molar-refractivity contribution >= 4 is 17.5 Å². The van der Waals surface area contributed by atoms with Gasteiger partial charge in [-0.25, -0.2) is 0 Å². The molecular weight excluding hydrogens is 254 g/mol. The maximum absolute atomic E-state index is 11.7. The number of rotatable bonds is 2. The third kappa shape index (κ3) is 1.99. The van der Waals surface area contributed by atoms with Gasteiger partial charge in [-0.3, -0.25) is 0 Å². The van der Waals surface area contributed by atoms with Gasteiger partial charge in [0.15, 0.2) is 0 Å². The van der Waals surface area contributed by atoms with E-state index in [-0.39, 0.29) is 14.5 Å². The summed E-state index contributed by atoms with van der Waals surface area (Å²) in [6.07, 6.45) is 0.